The van der Waals surface area contributed by atoms with Gasteiger partial charge in [-0.25, -0.2) is 0 Å². The van der Waals surface area contributed by atoms with Crippen molar-refractivity contribution >= 4 is 17.2 Å². The molecular weight excluding hydrogens is 440 g/mol. The molecule has 0 aliphatic rings. The van der Waals surface area contributed by atoms with E-state index in [1.165, 1.54) is 7.11 Å². The molecule has 2 N–H and O–H groups in total. The second kappa shape index (κ2) is 10.3. The maximum absolute atomic E-state index is 13.1. The predicted molar refractivity (Wildman–Crippen MR) is 137 cm³/mol. The fourth-order valence-electron chi connectivity index (χ4n) is 4.42. The molecule has 0 bridgehead atoms. The second-order valence-electron chi connectivity index (χ2n) is 8.17. The molecule has 6 heteroatoms. The highest BCUT2D eigenvalue weighted by Gasteiger charge is 2.28. The van der Waals surface area contributed by atoms with Crippen molar-refractivity contribution in [2.24, 2.45) is 5.73 Å². The first kappa shape index (κ1) is 23.8. The Labute approximate surface area is 204 Å². The standard InChI is InChI=1S/C29H28N2O4/c1-4-22-24(17-21-13-8-9-14-23(21)20-11-6-5-7-12-20)31-16-10-15-25(35-18-19(2)34-3)27(31)26(22)28(32)29(30)33/h5-16H,2,4,17-18H2,1,3H3,(H2,30,33). The van der Waals surface area contributed by atoms with Crippen LogP contribution in [0.1, 0.15) is 34.1 Å². The molecule has 0 aliphatic carbocycles. The molecule has 6 nitrogen and oxygen atoms in total. The topological polar surface area (TPSA) is 83.0 Å². The third-order valence-corrected chi connectivity index (χ3v) is 6.08. The first-order valence-electron chi connectivity index (χ1n) is 11.4. The molecule has 0 spiro atoms. The van der Waals surface area contributed by atoms with E-state index in [2.05, 4.69) is 30.8 Å². The number of aromatic nitrogens is 1. The van der Waals surface area contributed by atoms with E-state index in [0.717, 1.165) is 27.9 Å². The number of amides is 1. The quantitative estimate of drug-likeness (QED) is 0.202. The summed E-state index contributed by atoms with van der Waals surface area (Å²) < 4.78 is 13.0. The summed E-state index contributed by atoms with van der Waals surface area (Å²) in [6, 6.07) is 22.0. The highest BCUT2D eigenvalue weighted by atomic mass is 16.5. The van der Waals surface area contributed by atoms with Crippen LogP contribution in [0.15, 0.2) is 85.3 Å². The summed E-state index contributed by atoms with van der Waals surface area (Å²) in [5.41, 5.74) is 11.3. The van der Waals surface area contributed by atoms with Crippen molar-refractivity contribution in [2.45, 2.75) is 19.8 Å². The summed E-state index contributed by atoms with van der Waals surface area (Å²) in [6.45, 7) is 5.87. The van der Waals surface area contributed by atoms with Gasteiger partial charge in [0.05, 0.1) is 18.2 Å². The van der Waals surface area contributed by atoms with Gasteiger partial charge in [-0.3, -0.25) is 9.59 Å². The van der Waals surface area contributed by atoms with E-state index < -0.39 is 11.7 Å². The lowest BCUT2D eigenvalue weighted by molar-refractivity contribution is -0.114. The van der Waals surface area contributed by atoms with Gasteiger partial charge in [0.2, 0.25) is 0 Å². The fourth-order valence-corrected chi connectivity index (χ4v) is 4.42. The number of nitrogens with zero attached hydrogens (tertiary/aromatic N) is 1. The molecule has 35 heavy (non-hydrogen) atoms. The molecule has 0 aliphatic heterocycles. The molecule has 4 aromatic rings. The SMILES string of the molecule is C=C(COc1cccn2c(Cc3ccccc3-c3ccccc3)c(CC)c(C(=O)C(N)=O)c12)OC. The van der Waals surface area contributed by atoms with E-state index >= 15 is 0 Å². The fraction of sp³-hybridized carbons (Fsp3) is 0.172. The summed E-state index contributed by atoms with van der Waals surface area (Å²) in [5, 5.41) is 0. The number of primary amides is 1. The second-order valence-corrected chi connectivity index (χ2v) is 8.17. The minimum Gasteiger partial charge on any atom is -0.498 e. The molecule has 2 aromatic heterocycles. The Balaban J connectivity index is 1.92. The van der Waals surface area contributed by atoms with Gasteiger partial charge in [-0.05, 0) is 40.8 Å². The van der Waals surface area contributed by atoms with Gasteiger partial charge >= 0.3 is 0 Å². The summed E-state index contributed by atoms with van der Waals surface area (Å²) in [4.78, 5) is 25.1. The summed E-state index contributed by atoms with van der Waals surface area (Å²) in [7, 11) is 1.52. The number of pyridine rings is 1. The normalized spacial score (nSPS) is 10.8. The van der Waals surface area contributed by atoms with E-state index in [0.29, 0.717) is 29.9 Å². The van der Waals surface area contributed by atoms with Gasteiger partial charge in [0.25, 0.3) is 11.7 Å². The van der Waals surface area contributed by atoms with E-state index in [1.807, 2.05) is 53.9 Å². The van der Waals surface area contributed by atoms with Crippen LogP contribution in [-0.2, 0) is 22.4 Å². The number of carbonyl (C=O) groups excluding carboxylic acids is 2. The minimum absolute atomic E-state index is 0.110. The summed E-state index contributed by atoms with van der Waals surface area (Å²) in [5.74, 6) is -0.843. The number of hydrogen-bond donors (Lipinski definition) is 1. The van der Waals surface area contributed by atoms with E-state index in [1.54, 1.807) is 6.07 Å². The smallest absolute Gasteiger partial charge is 0.289 e. The maximum atomic E-state index is 13.1. The van der Waals surface area contributed by atoms with Crippen molar-refractivity contribution in [2.75, 3.05) is 13.7 Å². The Bertz CT molecular complexity index is 1400. The predicted octanol–water partition coefficient (Wildman–Crippen LogP) is 4.97. The highest BCUT2D eigenvalue weighted by Crippen LogP contribution is 2.35. The third kappa shape index (κ3) is 4.68. The average Bonchev–Trinajstić information content (AvgIpc) is 3.21. The Kier molecular flexibility index (Phi) is 7.01. The maximum Gasteiger partial charge on any atom is 0.289 e. The van der Waals surface area contributed by atoms with Crippen LogP contribution in [0.5, 0.6) is 5.75 Å². The Morgan fingerprint density at radius 1 is 1.00 bits per heavy atom. The zero-order valence-electron chi connectivity index (χ0n) is 19.9. The first-order chi connectivity index (χ1) is 17.0. The van der Waals surface area contributed by atoms with Crippen LogP contribution in [0, 0.1) is 0 Å². The van der Waals surface area contributed by atoms with Crippen LogP contribution in [-0.4, -0.2) is 29.8 Å². The lowest BCUT2D eigenvalue weighted by Gasteiger charge is -2.13. The number of methoxy groups -OCH3 is 1. The number of Topliss-reactive ketones (excluding diaryl/α,β-unsaturated/α-hetero) is 1. The van der Waals surface area contributed by atoms with E-state index in [9.17, 15) is 9.59 Å². The molecule has 1 amide bonds. The molecule has 0 radical (unpaired) electrons. The van der Waals surface area contributed by atoms with Crippen molar-refractivity contribution in [1.82, 2.24) is 4.40 Å². The van der Waals surface area contributed by atoms with Crippen LogP contribution >= 0.6 is 0 Å². The number of ketones is 1. The molecular formula is C29H28N2O4. The minimum atomic E-state index is -1.00. The average molecular weight is 469 g/mol. The van der Waals surface area contributed by atoms with Gasteiger partial charge in [-0.15, -0.1) is 0 Å². The van der Waals surface area contributed by atoms with Gasteiger partial charge in [-0.2, -0.15) is 0 Å². The molecule has 2 aromatic carbocycles. The lowest BCUT2D eigenvalue weighted by atomic mass is 9.94. The molecule has 0 saturated heterocycles. The summed E-state index contributed by atoms with van der Waals surface area (Å²) >= 11 is 0. The van der Waals surface area contributed by atoms with Gasteiger partial charge in [0.15, 0.2) is 0 Å². The molecule has 0 saturated carbocycles. The molecule has 4 rings (SSSR count). The molecule has 0 unspecified atom stereocenters. The molecule has 0 atom stereocenters. The number of ether oxygens (including phenoxy) is 2. The largest absolute Gasteiger partial charge is 0.498 e. The van der Waals surface area contributed by atoms with Crippen molar-refractivity contribution in [3.8, 4) is 16.9 Å². The number of fused-ring (bicyclic) bond motifs is 1. The van der Waals surface area contributed by atoms with E-state index in [-0.39, 0.29) is 12.2 Å². The van der Waals surface area contributed by atoms with Crippen LogP contribution in [0.4, 0.5) is 0 Å². The Morgan fingerprint density at radius 3 is 2.40 bits per heavy atom. The zero-order valence-corrected chi connectivity index (χ0v) is 19.9. The number of nitrogens with two attached hydrogens (primary N) is 1. The van der Waals surface area contributed by atoms with Gasteiger partial charge in [0, 0.05) is 18.3 Å². The first-order valence-corrected chi connectivity index (χ1v) is 11.4. The van der Waals surface area contributed by atoms with Crippen molar-refractivity contribution in [1.29, 1.82) is 0 Å². The van der Waals surface area contributed by atoms with Gasteiger partial charge in [0.1, 0.15) is 18.1 Å². The summed E-state index contributed by atoms with van der Waals surface area (Å²) in [6.07, 6.45) is 2.98. The lowest BCUT2D eigenvalue weighted by Crippen LogP contribution is -2.24. The molecule has 178 valence electrons. The number of carbonyl (C=O) groups is 2. The molecule has 0 fully saturated rings. The zero-order chi connectivity index (χ0) is 24.9. The van der Waals surface area contributed by atoms with Crippen LogP contribution in [0.3, 0.4) is 0 Å². The third-order valence-electron chi connectivity index (χ3n) is 6.08. The molecule has 2 heterocycles. The highest BCUT2D eigenvalue weighted by molar-refractivity contribution is 6.44. The number of hydrogen-bond acceptors (Lipinski definition) is 4. The van der Waals surface area contributed by atoms with Crippen molar-refractivity contribution in [3.05, 3.63) is 108 Å². The number of benzene rings is 2. The van der Waals surface area contributed by atoms with Crippen LogP contribution < -0.4 is 10.5 Å². The van der Waals surface area contributed by atoms with E-state index in [4.69, 9.17) is 15.2 Å². The Hall–Kier alpha value is -4.32. The Morgan fingerprint density at radius 2 is 1.71 bits per heavy atom. The van der Waals surface area contributed by atoms with Crippen molar-refractivity contribution < 1.29 is 19.1 Å². The van der Waals surface area contributed by atoms with Gasteiger partial charge in [-0.1, -0.05) is 68.1 Å². The number of rotatable bonds is 10. The monoisotopic (exact) mass is 468 g/mol. The van der Waals surface area contributed by atoms with Crippen LogP contribution in [0.2, 0.25) is 0 Å². The van der Waals surface area contributed by atoms with Crippen LogP contribution in [0.25, 0.3) is 16.6 Å². The van der Waals surface area contributed by atoms with Crippen molar-refractivity contribution in [3.63, 3.8) is 0 Å². The van der Waals surface area contributed by atoms with Gasteiger partial charge < -0.3 is 19.6 Å².